The number of likely N-dealkylation sites (tertiary alicyclic amines) is 2. The number of carbonyl (C=O) groups is 2. The van der Waals surface area contributed by atoms with Gasteiger partial charge in [-0.3, -0.25) is 0 Å². The Morgan fingerprint density at radius 2 is 1.83 bits per heavy atom. The second-order valence-electron chi connectivity index (χ2n) is 5.66. The molecule has 2 heterocycles. The molecule has 0 spiro atoms. The van der Waals surface area contributed by atoms with Gasteiger partial charge in [0.15, 0.2) is 0 Å². The van der Waals surface area contributed by atoms with Crippen molar-refractivity contribution in [1.29, 1.82) is 0 Å². The lowest BCUT2D eigenvalue weighted by atomic mass is 9.95. The van der Waals surface area contributed by atoms with Crippen molar-refractivity contribution < 1.29 is 14.7 Å². The van der Waals surface area contributed by atoms with Crippen LogP contribution in [-0.4, -0.2) is 52.1 Å². The third-order valence-electron chi connectivity index (χ3n) is 4.15. The van der Waals surface area contributed by atoms with Crippen LogP contribution in [-0.2, 0) is 4.79 Å². The quantitative estimate of drug-likeness (QED) is 0.776. The van der Waals surface area contributed by atoms with Gasteiger partial charge in [0.2, 0.25) is 0 Å². The minimum Gasteiger partial charge on any atom is -0.480 e. The topological polar surface area (TPSA) is 60.9 Å². The van der Waals surface area contributed by atoms with Crippen LogP contribution in [0.25, 0.3) is 0 Å². The summed E-state index contributed by atoms with van der Waals surface area (Å²) in [5.41, 5.74) is 0. The molecule has 2 aliphatic heterocycles. The first kappa shape index (κ1) is 13.2. The molecule has 0 radical (unpaired) electrons. The minimum atomic E-state index is -0.876. The van der Waals surface area contributed by atoms with E-state index in [1.165, 1.54) is 4.90 Å². The van der Waals surface area contributed by atoms with Gasteiger partial charge < -0.3 is 14.9 Å². The Hall–Kier alpha value is -1.26. The van der Waals surface area contributed by atoms with Gasteiger partial charge in [-0.25, -0.2) is 9.59 Å². The number of rotatable bonds is 1. The van der Waals surface area contributed by atoms with Crippen LogP contribution in [0.4, 0.5) is 4.79 Å². The molecule has 0 saturated carbocycles. The molecular weight excluding hydrogens is 232 g/mol. The Bertz CT molecular complexity index is 345. The number of aliphatic carboxylic acids is 1. The molecular formula is C13H22N2O3. The summed E-state index contributed by atoms with van der Waals surface area (Å²) in [4.78, 5) is 27.0. The predicted octanol–water partition coefficient (Wildman–Crippen LogP) is 1.78. The lowest BCUT2D eigenvalue weighted by molar-refractivity contribution is -0.141. The summed E-state index contributed by atoms with van der Waals surface area (Å²) < 4.78 is 0. The van der Waals surface area contributed by atoms with Crippen LogP contribution in [0.1, 0.15) is 39.5 Å². The van der Waals surface area contributed by atoms with Crippen LogP contribution in [0.3, 0.4) is 0 Å². The Balaban J connectivity index is 2.07. The SMILES string of the molecule is CC1CCC(C)N(C(=O)N2CCCC2C(=O)O)C1. The maximum Gasteiger partial charge on any atom is 0.326 e. The second kappa shape index (κ2) is 5.16. The predicted molar refractivity (Wildman–Crippen MR) is 67.3 cm³/mol. The van der Waals surface area contributed by atoms with Gasteiger partial charge in [-0.05, 0) is 38.5 Å². The summed E-state index contributed by atoms with van der Waals surface area (Å²) in [5, 5.41) is 9.14. The van der Waals surface area contributed by atoms with Crippen LogP contribution in [0.2, 0.25) is 0 Å². The molecule has 18 heavy (non-hydrogen) atoms. The summed E-state index contributed by atoms with van der Waals surface area (Å²) in [6, 6.07) is -0.482. The molecule has 5 nitrogen and oxygen atoms in total. The van der Waals surface area contributed by atoms with Crippen molar-refractivity contribution in [2.45, 2.75) is 51.6 Å². The molecule has 1 N–H and O–H groups in total. The van der Waals surface area contributed by atoms with E-state index < -0.39 is 12.0 Å². The fourth-order valence-electron chi connectivity index (χ4n) is 2.97. The number of hydrogen-bond acceptors (Lipinski definition) is 2. The molecule has 0 aromatic rings. The fraction of sp³-hybridized carbons (Fsp3) is 0.846. The van der Waals surface area contributed by atoms with E-state index >= 15 is 0 Å². The average molecular weight is 254 g/mol. The third-order valence-corrected chi connectivity index (χ3v) is 4.15. The van der Waals surface area contributed by atoms with Gasteiger partial charge in [0.05, 0.1) is 0 Å². The number of carbonyl (C=O) groups excluding carboxylic acids is 1. The van der Waals surface area contributed by atoms with Crippen molar-refractivity contribution in [2.75, 3.05) is 13.1 Å². The number of nitrogens with zero attached hydrogens (tertiary/aromatic N) is 2. The molecule has 5 heteroatoms. The molecule has 0 aromatic carbocycles. The Morgan fingerprint density at radius 1 is 1.11 bits per heavy atom. The zero-order chi connectivity index (χ0) is 13.3. The average Bonchev–Trinajstić information content (AvgIpc) is 2.80. The zero-order valence-corrected chi connectivity index (χ0v) is 11.1. The molecule has 2 amide bonds. The molecule has 3 atom stereocenters. The lowest BCUT2D eigenvalue weighted by Gasteiger charge is -2.39. The molecule has 2 rings (SSSR count). The van der Waals surface area contributed by atoms with E-state index in [4.69, 9.17) is 5.11 Å². The molecule has 0 bridgehead atoms. The smallest absolute Gasteiger partial charge is 0.326 e. The van der Waals surface area contributed by atoms with Crippen LogP contribution >= 0.6 is 0 Å². The summed E-state index contributed by atoms with van der Waals surface area (Å²) in [5.74, 6) is -0.366. The monoisotopic (exact) mass is 254 g/mol. The van der Waals surface area contributed by atoms with Crippen molar-refractivity contribution >= 4 is 12.0 Å². The number of urea groups is 1. The van der Waals surface area contributed by atoms with Crippen LogP contribution in [0.5, 0.6) is 0 Å². The van der Waals surface area contributed by atoms with Gasteiger partial charge in [0, 0.05) is 19.1 Å². The Kier molecular flexibility index (Phi) is 3.78. The molecule has 0 aromatic heterocycles. The van der Waals surface area contributed by atoms with E-state index in [1.807, 2.05) is 4.90 Å². The molecule has 2 fully saturated rings. The molecule has 2 saturated heterocycles. The van der Waals surface area contributed by atoms with E-state index in [0.29, 0.717) is 18.9 Å². The van der Waals surface area contributed by atoms with Crippen molar-refractivity contribution in [2.24, 2.45) is 5.92 Å². The van der Waals surface area contributed by atoms with E-state index in [9.17, 15) is 9.59 Å². The van der Waals surface area contributed by atoms with Gasteiger partial charge >= 0.3 is 12.0 Å². The third kappa shape index (κ3) is 2.44. The maximum atomic E-state index is 12.5. The van der Waals surface area contributed by atoms with E-state index in [0.717, 1.165) is 25.8 Å². The highest BCUT2D eigenvalue weighted by Gasteiger charge is 2.38. The Morgan fingerprint density at radius 3 is 2.50 bits per heavy atom. The number of carboxylic acids is 1. The first-order chi connectivity index (χ1) is 8.50. The summed E-state index contributed by atoms with van der Waals surface area (Å²) in [6.45, 7) is 5.52. The first-order valence-corrected chi connectivity index (χ1v) is 6.80. The highest BCUT2D eigenvalue weighted by Crippen LogP contribution is 2.26. The van der Waals surface area contributed by atoms with E-state index in [1.54, 1.807) is 0 Å². The standard InChI is InChI=1S/C13H22N2O3/c1-9-5-6-10(2)15(8-9)13(18)14-7-3-4-11(14)12(16)17/h9-11H,3-8H2,1-2H3,(H,16,17). The fourth-order valence-corrected chi connectivity index (χ4v) is 2.97. The largest absolute Gasteiger partial charge is 0.480 e. The summed E-state index contributed by atoms with van der Waals surface area (Å²) in [7, 11) is 0. The molecule has 3 unspecified atom stereocenters. The molecule has 2 aliphatic rings. The zero-order valence-electron chi connectivity index (χ0n) is 11.1. The van der Waals surface area contributed by atoms with Crippen molar-refractivity contribution in [3.05, 3.63) is 0 Å². The van der Waals surface area contributed by atoms with E-state index in [-0.39, 0.29) is 12.1 Å². The van der Waals surface area contributed by atoms with Crippen LogP contribution in [0.15, 0.2) is 0 Å². The highest BCUT2D eigenvalue weighted by atomic mass is 16.4. The Labute approximate surface area is 108 Å². The van der Waals surface area contributed by atoms with Gasteiger partial charge in [-0.1, -0.05) is 6.92 Å². The van der Waals surface area contributed by atoms with Crippen molar-refractivity contribution in [3.8, 4) is 0 Å². The minimum absolute atomic E-state index is 0.0843. The second-order valence-corrected chi connectivity index (χ2v) is 5.66. The van der Waals surface area contributed by atoms with E-state index in [2.05, 4.69) is 13.8 Å². The molecule has 0 aliphatic carbocycles. The van der Waals surface area contributed by atoms with Gasteiger partial charge in [0.25, 0.3) is 0 Å². The van der Waals surface area contributed by atoms with Gasteiger partial charge in [-0.2, -0.15) is 0 Å². The van der Waals surface area contributed by atoms with Gasteiger partial charge in [0.1, 0.15) is 6.04 Å². The lowest BCUT2D eigenvalue weighted by Crippen LogP contribution is -2.53. The number of hydrogen-bond donors (Lipinski definition) is 1. The number of piperidine rings is 1. The van der Waals surface area contributed by atoms with Gasteiger partial charge in [-0.15, -0.1) is 0 Å². The number of amides is 2. The number of carboxylic acid groups (broad SMARTS) is 1. The maximum absolute atomic E-state index is 12.5. The van der Waals surface area contributed by atoms with Crippen molar-refractivity contribution in [1.82, 2.24) is 9.80 Å². The molecule has 102 valence electrons. The first-order valence-electron chi connectivity index (χ1n) is 6.80. The normalized spacial score (nSPS) is 32.7. The summed E-state index contributed by atoms with van der Waals surface area (Å²) >= 11 is 0. The van der Waals surface area contributed by atoms with Crippen LogP contribution in [0, 0.1) is 5.92 Å². The summed E-state index contributed by atoms with van der Waals surface area (Å²) in [6.07, 6.45) is 3.53. The van der Waals surface area contributed by atoms with Crippen molar-refractivity contribution in [3.63, 3.8) is 0 Å². The van der Waals surface area contributed by atoms with Crippen LogP contribution < -0.4 is 0 Å². The highest BCUT2D eigenvalue weighted by molar-refractivity contribution is 5.83.